The summed E-state index contributed by atoms with van der Waals surface area (Å²) in [6, 6.07) is 18.2. The van der Waals surface area contributed by atoms with Crippen molar-refractivity contribution in [3.05, 3.63) is 76.3 Å². The molecule has 0 heterocycles. The van der Waals surface area contributed by atoms with E-state index >= 15 is 0 Å². The Morgan fingerprint density at radius 2 is 1.62 bits per heavy atom. The maximum atomic E-state index is 12.3. The zero-order valence-corrected chi connectivity index (χ0v) is 19.5. The Bertz CT molecular complexity index is 1110. The lowest BCUT2D eigenvalue weighted by molar-refractivity contribution is -0.139. The molecule has 32 heavy (non-hydrogen) atoms. The summed E-state index contributed by atoms with van der Waals surface area (Å²) in [5.74, 6) is 0.145. The Morgan fingerprint density at radius 1 is 0.969 bits per heavy atom. The summed E-state index contributed by atoms with van der Waals surface area (Å²) in [6.45, 7) is 3.67. The largest absolute Gasteiger partial charge is 0.469 e. The number of amides is 1. The van der Waals surface area contributed by atoms with Crippen molar-refractivity contribution in [1.82, 2.24) is 0 Å². The molecule has 7 heteroatoms. The molecule has 0 saturated carbocycles. The number of rotatable bonds is 7. The third-order valence-electron chi connectivity index (χ3n) is 4.71. The van der Waals surface area contributed by atoms with E-state index in [9.17, 15) is 9.59 Å². The summed E-state index contributed by atoms with van der Waals surface area (Å²) < 4.78 is 10.7. The highest BCUT2D eigenvalue weighted by molar-refractivity contribution is 6.37. The fraction of sp³-hybridized carbons (Fsp3) is 0.200. The van der Waals surface area contributed by atoms with Gasteiger partial charge in [0.05, 0.1) is 23.6 Å². The van der Waals surface area contributed by atoms with Gasteiger partial charge in [-0.05, 0) is 41.5 Å². The molecule has 0 bridgehead atoms. The normalized spacial score (nSPS) is 10.7. The molecule has 0 radical (unpaired) electrons. The lowest BCUT2D eigenvalue weighted by Crippen LogP contribution is -2.18. The molecule has 0 unspecified atom stereocenters. The van der Waals surface area contributed by atoms with E-state index in [0.717, 1.165) is 11.1 Å². The fourth-order valence-electron chi connectivity index (χ4n) is 3.00. The smallest absolute Gasteiger partial charge is 0.309 e. The van der Waals surface area contributed by atoms with E-state index in [2.05, 4.69) is 10.1 Å². The Morgan fingerprint density at radius 3 is 2.22 bits per heavy atom. The van der Waals surface area contributed by atoms with Gasteiger partial charge in [-0.15, -0.1) is 0 Å². The molecule has 0 aliphatic heterocycles. The first-order chi connectivity index (χ1) is 15.3. The van der Waals surface area contributed by atoms with Gasteiger partial charge in [-0.1, -0.05) is 67.4 Å². The van der Waals surface area contributed by atoms with Crippen LogP contribution in [0.4, 0.5) is 5.69 Å². The molecule has 5 nitrogen and oxygen atoms in total. The number of esters is 1. The summed E-state index contributed by atoms with van der Waals surface area (Å²) in [5.41, 5.74) is 3.01. The number of methoxy groups -OCH3 is 1. The van der Waals surface area contributed by atoms with E-state index in [1.54, 1.807) is 24.3 Å². The van der Waals surface area contributed by atoms with Crippen LogP contribution in [-0.2, 0) is 20.7 Å². The van der Waals surface area contributed by atoms with Crippen molar-refractivity contribution in [2.45, 2.75) is 20.3 Å². The zero-order valence-electron chi connectivity index (χ0n) is 17.9. The van der Waals surface area contributed by atoms with Gasteiger partial charge >= 0.3 is 5.97 Å². The topological polar surface area (TPSA) is 64.6 Å². The third kappa shape index (κ3) is 5.81. The van der Waals surface area contributed by atoms with E-state index < -0.39 is 5.97 Å². The van der Waals surface area contributed by atoms with Gasteiger partial charge in [-0.25, -0.2) is 0 Å². The molecule has 0 aliphatic carbocycles. The minimum absolute atomic E-state index is 0.0542. The third-order valence-corrected chi connectivity index (χ3v) is 5.27. The number of nitrogens with one attached hydrogen (secondary N) is 1. The van der Waals surface area contributed by atoms with E-state index in [1.807, 2.05) is 50.2 Å². The molecule has 1 amide bonds. The maximum Gasteiger partial charge on any atom is 0.309 e. The zero-order chi connectivity index (χ0) is 23.3. The van der Waals surface area contributed by atoms with Crippen LogP contribution in [-0.4, -0.2) is 19.0 Å². The van der Waals surface area contributed by atoms with Gasteiger partial charge < -0.3 is 14.8 Å². The highest BCUT2D eigenvalue weighted by atomic mass is 35.5. The molecule has 3 rings (SSSR count). The van der Waals surface area contributed by atoms with Crippen molar-refractivity contribution in [3.63, 3.8) is 0 Å². The molecule has 0 aliphatic rings. The number of benzene rings is 3. The van der Waals surface area contributed by atoms with Crippen molar-refractivity contribution < 1.29 is 19.1 Å². The van der Waals surface area contributed by atoms with Crippen molar-refractivity contribution in [3.8, 4) is 22.6 Å². The molecule has 0 fully saturated rings. The Kier molecular flexibility index (Phi) is 7.78. The fourth-order valence-corrected chi connectivity index (χ4v) is 3.61. The first-order valence-electron chi connectivity index (χ1n) is 10.0. The lowest BCUT2D eigenvalue weighted by Gasteiger charge is -2.16. The van der Waals surface area contributed by atoms with Crippen LogP contribution in [0.15, 0.2) is 60.7 Å². The molecule has 0 saturated heterocycles. The average molecular weight is 472 g/mol. The van der Waals surface area contributed by atoms with Gasteiger partial charge in [0, 0.05) is 17.2 Å². The predicted molar refractivity (Wildman–Crippen MR) is 128 cm³/mol. The van der Waals surface area contributed by atoms with Gasteiger partial charge in [0.1, 0.15) is 5.75 Å². The van der Waals surface area contributed by atoms with Crippen molar-refractivity contribution >= 4 is 40.8 Å². The molecule has 166 valence electrons. The van der Waals surface area contributed by atoms with Crippen LogP contribution >= 0.6 is 23.2 Å². The summed E-state index contributed by atoms with van der Waals surface area (Å²) in [7, 11) is 1.32. The van der Waals surface area contributed by atoms with E-state index in [0.29, 0.717) is 17.0 Å². The average Bonchev–Trinajstić information content (AvgIpc) is 2.77. The van der Waals surface area contributed by atoms with Crippen LogP contribution in [0.2, 0.25) is 10.0 Å². The number of carbonyl (C=O) groups excluding carboxylic acids is 2. The Balaban J connectivity index is 1.95. The van der Waals surface area contributed by atoms with Crippen molar-refractivity contribution in [2.24, 2.45) is 5.92 Å². The maximum absolute atomic E-state index is 12.3. The number of hydrogen-bond donors (Lipinski definition) is 1. The number of hydrogen-bond acceptors (Lipinski definition) is 4. The summed E-state index contributed by atoms with van der Waals surface area (Å²) in [6.07, 6.45) is 0.0542. The molecule has 1 N–H and O–H groups in total. The van der Waals surface area contributed by atoms with Crippen LogP contribution in [0.3, 0.4) is 0 Å². The van der Waals surface area contributed by atoms with Gasteiger partial charge in [0.15, 0.2) is 5.75 Å². The molecule has 0 aromatic heterocycles. The van der Waals surface area contributed by atoms with Crippen LogP contribution in [0.5, 0.6) is 11.5 Å². The highest BCUT2D eigenvalue weighted by Gasteiger charge is 2.16. The monoisotopic (exact) mass is 471 g/mol. The number of carbonyl (C=O) groups is 2. The minimum Gasteiger partial charge on any atom is -0.469 e. The van der Waals surface area contributed by atoms with E-state index in [-0.39, 0.29) is 34.0 Å². The second-order valence-electron chi connectivity index (χ2n) is 7.46. The minimum atomic E-state index is -0.391. The number of halogens is 2. The molecule has 0 atom stereocenters. The molecule has 3 aromatic carbocycles. The van der Waals surface area contributed by atoms with E-state index in [4.69, 9.17) is 27.9 Å². The Hall–Kier alpha value is -3.02. The second kappa shape index (κ2) is 10.5. The summed E-state index contributed by atoms with van der Waals surface area (Å²) in [4.78, 5) is 23.8. The lowest BCUT2D eigenvalue weighted by atomic mass is 10.0. The van der Waals surface area contributed by atoms with Crippen LogP contribution < -0.4 is 10.1 Å². The van der Waals surface area contributed by atoms with Crippen LogP contribution in [0, 0.1) is 5.92 Å². The van der Waals surface area contributed by atoms with Gasteiger partial charge in [0.25, 0.3) is 0 Å². The van der Waals surface area contributed by atoms with Gasteiger partial charge in [-0.3, -0.25) is 9.59 Å². The van der Waals surface area contributed by atoms with Crippen molar-refractivity contribution in [1.29, 1.82) is 0 Å². The standard InChI is InChI=1S/C25H23Cl2NO4/c1-15(2)25(30)28-22-10-9-18(14-19(22)17-7-5-4-6-8-17)32-24-20(26)11-16(12-21(24)27)13-23(29)31-3/h4-12,14-15H,13H2,1-3H3,(H,28,30). The Labute approximate surface area is 197 Å². The quantitative estimate of drug-likeness (QED) is 0.386. The first kappa shape index (κ1) is 23.6. The summed E-state index contributed by atoms with van der Waals surface area (Å²) >= 11 is 12.8. The molecular weight excluding hydrogens is 449 g/mol. The van der Waals surface area contributed by atoms with Gasteiger partial charge in [-0.2, -0.15) is 0 Å². The predicted octanol–water partition coefficient (Wildman–Crippen LogP) is 6.76. The first-order valence-corrected chi connectivity index (χ1v) is 10.8. The van der Waals surface area contributed by atoms with Crippen LogP contribution in [0.1, 0.15) is 19.4 Å². The second-order valence-corrected chi connectivity index (χ2v) is 8.28. The van der Waals surface area contributed by atoms with Gasteiger partial charge in [0.2, 0.25) is 5.91 Å². The van der Waals surface area contributed by atoms with Crippen molar-refractivity contribution in [2.75, 3.05) is 12.4 Å². The number of anilines is 1. The van der Waals surface area contributed by atoms with Crippen LogP contribution in [0.25, 0.3) is 11.1 Å². The van der Waals surface area contributed by atoms with E-state index in [1.165, 1.54) is 7.11 Å². The molecule has 3 aromatic rings. The summed E-state index contributed by atoms with van der Waals surface area (Å²) in [5, 5.41) is 3.51. The molecular formula is C25H23Cl2NO4. The molecule has 0 spiro atoms. The SMILES string of the molecule is COC(=O)Cc1cc(Cl)c(Oc2ccc(NC(=O)C(C)C)c(-c3ccccc3)c2)c(Cl)c1. The highest BCUT2D eigenvalue weighted by Crippen LogP contribution is 2.40. The number of ether oxygens (including phenoxy) is 2.